The Morgan fingerprint density at radius 1 is 1.14 bits per heavy atom. The molecule has 0 atom stereocenters. The maximum atomic E-state index is 13.9. The summed E-state index contributed by atoms with van der Waals surface area (Å²) in [7, 11) is 0. The van der Waals surface area contributed by atoms with Crippen LogP contribution in [0.25, 0.3) is 0 Å². The number of nitrogens with zero attached hydrogens (tertiary/aromatic N) is 3. The molecule has 0 unspecified atom stereocenters. The van der Waals surface area contributed by atoms with E-state index in [1.54, 1.807) is 10.6 Å². The lowest BCUT2D eigenvalue weighted by Gasteiger charge is -2.11. The van der Waals surface area contributed by atoms with Crippen molar-refractivity contribution in [3.63, 3.8) is 0 Å². The van der Waals surface area contributed by atoms with Crippen LogP contribution in [0.15, 0.2) is 47.6 Å². The molecule has 3 aromatic rings. The first-order chi connectivity index (χ1) is 13.8. The Labute approximate surface area is 173 Å². The van der Waals surface area contributed by atoms with Gasteiger partial charge in [-0.3, -0.25) is 0 Å². The lowest BCUT2D eigenvalue weighted by molar-refractivity contribution is -0.137. The highest BCUT2D eigenvalue weighted by molar-refractivity contribution is 7.98. The predicted octanol–water partition coefficient (Wildman–Crippen LogP) is 5.98. The summed E-state index contributed by atoms with van der Waals surface area (Å²) >= 11 is 7.30. The van der Waals surface area contributed by atoms with Crippen molar-refractivity contribution in [3.05, 3.63) is 70.3 Å². The molecule has 0 radical (unpaired) electrons. The summed E-state index contributed by atoms with van der Waals surface area (Å²) in [5, 5.41) is 8.99. The zero-order valence-electron chi connectivity index (χ0n) is 15.2. The van der Waals surface area contributed by atoms with Gasteiger partial charge in [-0.25, -0.2) is 4.39 Å². The molecule has 0 aliphatic heterocycles. The SMILES string of the molecule is CCn1c(COc2cccc(C(F)(F)F)c2)nnc1SCc1c(F)cccc1Cl. The first-order valence-corrected chi connectivity index (χ1v) is 9.93. The van der Waals surface area contributed by atoms with Gasteiger partial charge in [-0.05, 0) is 37.3 Å². The summed E-state index contributed by atoms with van der Waals surface area (Å²) in [5.41, 5.74) is -0.420. The van der Waals surface area contributed by atoms with Crippen molar-refractivity contribution >= 4 is 23.4 Å². The fourth-order valence-corrected chi connectivity index (χ4v) is 3.93. The van der Waals surface area contributed by atoms with E-state index in [1.165, 1.54) is 36.0 Å². The van der Waals surface area contributed by atoms with E-state index in [1.807, 2.05) is 6.92 Å². The third kappa shape index (κ3) is 5.22. The number of ether oxygens (including phenoxy) is 1. The van der Waals surface area contributed by atoms with Crippen LogP contribution in [0.1, 0.15) is 23.9 Å². The number of thioether (sulfide) groups is 1. The number of aromatic nitrogens is 3. The summed E-state index contributed by atoms with van der Waals surface area (Å²) in [6, 6.07) is 9.11. The minimum Gasteiger partial charge on any atom is -0.486 e. The number of alkyl halides is 3. The minimum absolute atomic E-state index is 0.0524. The van der Waals surface area contributed by atoms with Crippen molar-refractivity contribution in [1.29, 1.82) is 0 Å². The molecule has 0 saturated carbocycles. The average molecular weight is 446 g/mol. The molecule has 0 saturated heterocycles. The lowest BCUT2D eigenvalue weighted by Crippen LogP contribution is -2.08. The maximum absolute atomic E-state index is 13.9. The summed E-state index contributed by atoms with van der Waals surface area (Å²) in [4.78, 5) is 0. The van der Waals surface area contributed by atoms with E-state index in [-0.39, 0.29) is 18.1 Å². The molecular weight excluding hydrogens is 430 g/mol. The Morgan fingerprint density at radius 3 is 2.59 bits per heavy atom. The van der Waals surface area contributed by atoms with Gasteiger partial charge in [0.05, 0.1) is 5.56 Å². The summed E-state index contributed by atoms with van der Waals surface area (Å²) in [6.07, 6.45) is -4.44. The molecule has 4 nitrogen and oxygen atoms in total. The molecule has 1 aromatic heterocycles. The number of rotatable bonds is 7. The quantitative estimate of drug-likeness (QED) is 0.331. The molecule has 154 valence electrons. The largest absolute Gasteiger partial charge is 0.486 e. The van der Waals surface area contributed by atoms with E-state index in [0.29, 0.717) is 28.1 Å². The standard InChI is InChI=1S/C19H16ClF4N3OS/c1-2-27-17(10-28-13-6-3-5-12(9-13)19(22,23)24)25-26-18(27)29-11-14-15(20)7-4-8-16(14)21/h3-9H,2,10-11H2,1H3. The van der Waals surface area contributed by atoms with Crippen LogP contribution in [-0.4, -0.2) is 14.8 Å². The van der Waals surface area contributed by atoms with Crippen molar-refractivity contribution in [2.24, 2.45) is 0 Å². The van der Waals surface area contributed by atoms with Gasteiger partial charge in [-0.2, -0.15) is 13.2 Å². The highest BCUT2D eigenvalue weighted by Gasteiger charge is 2.30. The van der Waals surface area contributed by atoms with Gasteiger partial charge in [-0.1, -0.05) is 35.5 Å². The van der Waals surface area contributed by atoms with E-state index in [2.05, 4.69) is 10.2 Å². The van der Waals surface area contributed by atoms with Gasteiger partial charge in [0.15, 0.2) is 11.0 Å². The van der Waals surface area contributed by atoms with Gasteiger partial charge in [0.25, 0.3) is 0 Å². The van der Waals surface area contributed by atoms with Crippen molar-refractivity contribution in [3.8, 4) is 5.75 Å². The highest BCUT2D eigenvalue weighted by atomic mass is 35.5. The Kier molecular flexibility index (Phi) is 6.69. The van der Waals surface area contributed by atoms with Gasteiger partial charge >= 0.3 is 6.18 Å². The van der Waals surface area contributed by atoms with E-state index >= 15 is 0 Å². The molecule has 0 spiro atoms. The Hall–Kier alpha value is -2.26. The predicted molar refractivity (Wildman–Crippen MR) is 102 cm³/mol. The molecule has 0 aliphatic carbocycles. The number of benzene rings is 2. The smallest absolute Gasteiger partial charge is 0.416 e. The first kappa shape index (κ1) is 21.4. The molecule has 0 N–H and O–H groups in total. The van der Waals surface area contributed by atoms with E-state index in [4.69, 9.17) is 16.3 Å². The number of halogens is 5. The third-order valence-corrected chi connectivity index (χ3v) is 5.39. The average Bonchev–Trinajstić information content (AvgIpc) is 3.07. The van der Waals surface area contributed by atoms with Crippen LogP contribution in [0.4, 0.5) is 17.6 Å². The second-order valence-electron chi connectivity index (χ2n) is 5.95. The molecule has 0 aliphatic rings. The van der Waals surface area contributed by atoms with Gasteiger partial charge < -0.3 is 9.30 Å². The van der Waals surface area contributed by atoms with Crippen LogP contribution in [0.2, 0.25) is 5.02 Å². The van der Waals surface area contributed by atoms with Gasteiger partial charge in [0.1, 0.15) is 18.2 Å². The van der Waals surface area contributed by atoms with Gasteiger partial charge in [-0.15, -0.1) is 10.2 Å². The monoisotopic (exact) mass is 445 g/mol. The molecule has 10 heteroatoms. The first-order valence-electron chi connectivity index (χ1n) is 8.57. The fourth-order valence-electron chi connectivity index (χ4n) is 2.57. The molecule has 3 rings (SSSR count). The van der Waals surface area contributed by atoms with Gasteiger partial charge in [0.2, 0.25) is 0 Å². The molecular formula is C19H16ClF4N3OS. The van der Waals surface area contributed by atoms with Crippen LogP contribution in [0, 0.1) is 5.82 Å². The molecule has 29 heavy (non-hydrogen) atoms. The molecule has 0 bridgehead atoms. The Morgan fingerprint density at radius 2 is 1.90 bits per heavy atom. The summed E-state index contributed by atoms with van der Waals surface area (Å²) in [6.45, 7) is 2.34. The second kappa shape index (κ2) is 9.04. The van der Waals surface area contributed by atoms with Crippen LogP contribution in [0.5, 0.6) is 5.75 Å². The lowest BCUT2D eigenvalue weighted by atomic mass is 10.2. The Balaban J connectivity index is 1.70. The van der Waals surface area contributed by atoms with Crippen LogP contribution in [-0.2, 0) is 25.1 Å². The van der Waals surface area contributed by atoms with Crippen molar-refractivity contribution in [2.75, 3.05) is 0 Å². The van der Waals surface area contributed by atoms with E-state index < -0.39 is 17.6 Å². The zero-order chi connectivity index (χ0) is 21.0. The van der Waals surface area contributed by atoms with E-state index in [9.17, 15) is 17.6 Å². The fraction of sp³-hybridized carbons (Fsp3) is 0.263. The van der Waals surface area contributed by atoms with Crippen molar-refractivity contribution in [2.45, 2.75) is 37.2 Å². The highest BCUT2D eigenvalue weighted by Crippen LogP contribution is 2.32. The molecule has 2 aromatic carbocycles. The van der Waals surface area contributed by atoms with Crippen molar-refractivity contribution in [1.82, 2.24) is 14.8 Å². The maximum Gasteiger partial charge on any atom is 0.416 e. The van der Waals surface area contributed by atoms with E-state index in [0.717, 1.165) is 12.1 Å². The van der Waals surface area contributed by atoms with Gasteiger partial charge in [0, 0.05) is 22.9 Å². The van der Waals surface area contributed by atoms with Crippen LogP contribution in [0.3, 0.4) is 0 Å². The van der Waals surface area contributed by atoms with Crippen LogP contribution < -0.4 is 4.74 Å². The summed E-state index contributed by atoms with van der Waals surface area (Å²) in [5.74, 6) is 0.392. The van der Waals surface area contributed by atoms with Crippen LogP contribution >= 0.6 is 23.4 Å². The topological polar surface area (TPSA) is 39.9 Å². The minimum atomic E-state index is -4.44. The second-order valence-corrected chi connectivity index (χ2v) is 7.30. The normalized spacial score (nSPS) is 11.7. The third-order valence-electron chi connectivity index (χ3n) is 4.05. The summed E-state index contributed by atoms with van der Waals surface area (Å²) < 4.78 is 59.6. The number of hydrogen-bond donors (Lipinski definition) is 0. The Bertz CT molecular complexity index is 974. The molecule has 0 amide bonds. The molecule has 1 heterocycles. The number of hydrogen-bond acceptors (Lipinski definition) is 4. The molecule has 0 fully saturated rings. The zero-order valence-corrected chi connectivity index (χ0v) is 16.8. The van der Waals surface area contributed by atoms with Crippen molar-refractivity contribution < 1.29 is 22.3 Å².